The maximum Gasteiger partial charge on any atom is 0.336 e. The number of halogens is 1. The third-order valence-corrected chi connectivity index (χ3v) is 5.09. The highest BCUT2D eigenvalue weighted by molar-refractivity contribution is 5.99. The first-order valence-electron chi connectivity index (χ1n) is 10.6. The van der Waals surface area contributed by atoms with E-state index in [9.17, 15) is 14.4 Å². The average Bonchev–Trinajstić information content (AvgIpc) is 2.78. The maximum atomic E-state index is 13.0. The van der Waals surface area contributed by atoms with Crippen LogP contribution in [0.5, 0.6) is 0 Å². The highest BCUT2D eigenvalue weighted by Crippen LogP contribution is 2.21. The summed E-state index contributed by atoms with van der Waals surface area (Å²) in [6.07, 6.45) is 0.945. The highest BCUT2D eigenvalue weighted by Gasteiger charge is 2.20. The van der Waals surface area contributed by atoms with E-state index in [0.29, 0.717) is 36.2 Å². The zero-order valence-electron chi connectivity index (χ0n) is 18.7. The lowest BCUT2D eigenvalue weighted by Crippen LogP contribution is -2.43. The molecule has 0 spiro atoms. The Balaban J connectivity index is 0.00000408. The van der Waals surface area contributed by atoms with Gasteiger partial charge < -0.3 is 21.2 Å². The Morgan fingerprint density at radius 1 is 1.09 bits per heavy atom. The fourth-order valence-electron chi connectivity index (χ4n) is 3.40. The first-order valence-corrected chi connectivity index (χ1v) is 10.6. The summed E-state index contributed by atoms with van der Waals surface area (Å²) in [4.78, 5) is 41.1. The molecule has 0 unspecified atom stereocenters. The quantitative estimate of drug-likeness (QED) is 0.113. The van der Waals surface area contributed by atoms with E-state index in [0.717, 1.165) is 10.9 Å². The number of carbonyl (C=O) groups is 2. The molecule has 2 aromatic carbocycles. The molecule has 0 bridgehead atoms. The number of benzene rings is 2. The van der Waals surface area contributed by atoms with Crippen molar-refractivity contribution in [3.8, 4) is 0 Å². The van der Waals surface area contributed by atoms with Crippen molar-refractivity contribution in [3.63, 3.8) is 0 Å². The number of guanidine groups is 1. The lowest BCUT2D eigenvalue weighted by molar-refractivity contribution is -0.118. The van der Waals surface area contributed by atoms with Gasteiger partial charge in [0.1, 0.15) is 5.58 Å². The van der Waals surface area contributed by atoms with Gasteiger partial charge in [0.25, 0.3) is 0 Å². The number of nitrogens with one attached hydrogen (secondary N) is 2. The van der Waals surface area contributed by atoms with Gasteiger partial charge in [-0.2, -0.15) is 0 Å². The Labute approximate surface area is 203 Å². The molecule has 10 heteroatoms. The van der Waals surface area contributed by atoms with E-state index in [1.807, 2.05) is 13.0 Å². The normalized spacial score (nSPS) is 11.3. The van der Waals surface area contributed by atoms with Crippen LogP contribution >= 0.6 is 12.4 Å². The number of hydrogen-bond acceptors (Lipinski definition) is 6. The lowest BCUT2D eigenvalue weighted by atomic mass is 10.1. The van der Waals surface area contributed by atoms with Crippen LogP contribution in [0.3, 0.4) is 0 Å². The van der Waals surface area contributed by atoms with Crippen molar-refractivity contribution in [2.75, 3.05) is 18.4 Å². The number of nitrogens with two attached hydrogens (primary N) is 2. The first kappa shape index (κ1) is 26.6. The van der Waals surface area contributed by atoms with Crippen LogP contribution in [0.4, 0.5) is 5.69 Å². The molecule has 0 saturated carbocycles. The van der Waals surface area contributed by atoms with Crippen molar-refractivity contribution in [1.29, 1.82) is 0 Å². The fraction of sp³-hybridized carbons (Fsp3) is 0.250. The van der Waals surface area contributed by atoms with E-state index in [-0.39, 0.29) is 36.6 Å². The SMILES string of the molecule is Cc1cc(=O)oc2cc(NC(=O)[C@H](CCCN=C(N)N)NCC(=O)c3ccccc3)ccc12.Cl. The number of hydrogen-bond donors (Lipinski definition) is 4. The fourth-order valence-corrected chi connectivity index (χ4v) is 3.40. The zero-order valence-corrected chi connectivity index (χ0v) is 19.6. The van der Waals surface area contributed by atoms with Gasteiger partial charge >= 0.3 is 5.63 Å². The second kappa shape index (κ2) is 12.5. The first-order chi connectivity index (χ1) is 15.8. The topological polar surface area (TPSA) is 153 Å². The van der Waals surface area contributed by atoms with Gasteiger partial charge in [-0.15, -0.1) is 12.4 Å². The summed E-state index contributed by atoms with van der Waals surface area (Å²) in [5.41, 5.74) is 12.5. The molecule has 0 aliphatic carbocycles. The van der Waals surface area contributed by atoms with Gasteiger partial charge in [-0.25, -0.2) is 4.79 Å². The Morgan fingerprint density at radius 2 is 1.82 bits per heavy atom. The van der Waals surface area contributed by atoms with E-state index in [1.54, 1.807) is 42.5 Å². The Kier molecular flexibility index (Phi) is 9.78. The summed E-state index contributed by atoms with van der Waals surface area (Å²) in [5.74, 6) is -0.466. The molecule has 1 amide bonds. The number of anilines is 1. The van der Waals surface area contributed by atoms with E-state index in [4.69, 9.17) is 15.9 Å². The number of Topliss-reactive ketones (excluding diaryl/α,β-unsaturated/α-hetero) is 1. The van der Waals surface area contributed by atoms with Crippen molar-refractivity contribution in [2.24, 2.45) is 16.5 Å². The average molecular weight is 486 g/mol. The predicted octanol–water partition coefficient (Wildman–Crippen LogP) is 2.36. The predicted molar refractivity (Wildman–Crippen MR) is 136 cm³/mol. The van der Waals surface area contributed by atoms with Crippen molar-refractivity contribution in [3.05, 3.63) is 76.1 Å². The monoisotopic (exact) mass is 485 g/mol. The number of rotatable bonds is 10. The number of carbonyl (C=O) groups excluding carboxylic acids is 2. The number of nitrogens with zero attached hydrogens (tertiary/aromatic N) is 1. The molecule has 1 aromatic heterocycles. The van der Waals surface area contributed by atoms with Gasteiger partial charge in [-0.05, 0) is 37.5 Å². The molecular formula is C24H28ClN5O4. The molecule has 3 rings (SSSR count). The van der Waals surface area contributed by atoms with Crippen LogP contribution in [0.25, 0.3) is 11.0 Å². The summed E-state index contributed by atoms with van der Waals surface area (Å²) in [5, 5.41) is 6.65. The van der Waals surface area contributed by atoms with Crippen molar-refractivity contribution >= 4 is 46.7 Å². The van der Waals surface area contributed by atoms with Gasteiger partial charge in [-0.3, -0.25) is 19.9 Å². The van der Waals surface area contributed by atoms with Crippen LogP contribution in [-0.2, 0) is 4.79 Å². The van der Waals surface area contributed by atoms with Gasteiger partial charge in [-0.1, -0.05) is 30.3 Å². The van der Waals surface area contributed by atoms with Crippen molar-refractivity contribution in [2.45, 2.75) is 25.8 Å². The molecule has 0 aliphatic rings. The second-order valence-corrected chi connectivity index (χ2v) is 7.62. The largest absolute Gasteiger partial charge is 0.423 e. The molecule has 3 aromatic rings. The number of aliphatic imine (C=N–C) groups is 1. The van der Waals surface area contributed by atoms with Gasteiger partial charge in [0.05, 0.1) is 12.6 Å². The van der Waals surface area contributed by atoms with Crippen LogP contribution in [0, 0.1) is 6.92 Å². The molecule has 9 nitrogen and oxygen atoms in total. The molecule has 0 aliphatic heterocycles. The molecule has 0 saturated heterocycles. The van der Waals surface area contributed by atoms with Crippen LogP contribution in [-0.4, -0.2) is 36.8 Å². The summed E-state index contributed by atoms with van der Waals surface area (Å²) < 4.78 is 5.25. The molecule has 0 fully saturated rings. The van der Waals surface area contributed by atoms with Gasteiger partial charge in [0.15, 0.2) is 11.7 Å². The van der Waals surface area contributed by atoms with E-state index in [1.165, 1.54) is 6.07 Å². The Hall–Kier alpha value is -3.69. The van der Waals surface area contributed by atoms with E-state index >= 15 is 0 Å². The van der Waals surface area contributed by atoms with Crippen molar-refractivity contribution in [1.82, 2.24) is 5.32 Å². The summed E-state index contributed by atoms with van der Waals surface area (Å²) in [7, 11) is 0. The summed E-state index contributed by atoms with van der Waals surface area (Å²) in [6.45, 7) is 2.18. The smallest absolute Gasteiger partial charge is 0.336 e. The third-order valence-electron chi connectivity index (χ3n) is 5.09. The van der Waals surface area contributed by atoms with E-state index in [2.05, 4.69) is 15.6 Å². The molecule has 180 valence electrons. The zero-order chi connectivity index (χ0) is 23.8. The minimum Gasteiger partial charge on any atom is -0.423 e. The molecule has 1 heterocycles. The van der Waals surface area contributed by atoms with E-state index < -0.39 is 11.7 Å². The standard InChI is InChI=1S/C24H27N5O4.ClH/c1-15-12-22(31)33-21-13-17(9-10-18(15)21)29-23(32)19(8-5-11-27-24(25)26)28-14-20(30)16-6-3-2-4-7-16;/h2-4,6-7,9-10,12-13,19,28H,5,8,11,14H2,1H3,(H,29,32)(H4,25,26,27);1H/t19-;/m0./s1. The molecular weight excluding hydrogens is 458 g/mol. The van der Waals surface area contributed by atoms with Crippen LogP contribution in [0.15, 0.2) is 68.8 Å². The van der Waals surface area contributed by atoms with Crippen molar-refractivity contribution < 1.29 is 14.0 Å². The molecule has 6 N–H and O–H groups in total. The summed E-state index contributed by atoms with van der Waals surface area (Å²) in [6, 6.07) is 14.7. The molecule has 34 heavy (non-hydrogen) atoms. The van der Waals surface area contributed by atoms with Crippen LogP contribution in [0.2, 0.25) is 0 Å². The number of ketones is 1. The number of amides is 1. The minimum atomic E-state index is -0.660. The third kappa shape index (κ3) is 7.43. The molecule has 0 radical (unpaired) electrons. The Morgan fingerprint density at radius 3 is 2.53 bits per heavy atom. The lowest BCUT2D eigenvalue weighted by Gasteiger charge is -2.18. The second-order valence-electron chi connectivity index (χ2n) is 7.62. The number of fused-ring (bicyclic) bond motifs is 1. The van der Waals surface area contributed by atoms with Gasteiger partial charge in [0, 0.05) is 35.3 Å². The molecule has 1 atom stereocenters. The van der Waals surface area contributed by atoms with Crippen LogP contribution in [0.1, 0.15) is 28.8 Å². The summed E-state index contributed by atoms with van der Waals surface area (Å²) >= 11 is 0. The number of aryl methyl sites for hydroxylation is 1. The van der Waals surface area contributed by atoms with Gasteiger partial charge in [0.2, 0.25) is 5.91 Å². The maximum absolute atomic E-state index is 13.0. The van der Waals surface area contributed by atoms with Crippen LogP contribution < -0.4 is 27.7 Å². The minimum absolute atomic E-state index is 0. The Bertz CT molecular complexity index is 1220. The highest BCUT2D eigenvalue weighted by atomic mass is 35.5.